The summed E-state index contributed by atoms with van der Waals surface area (Å²) < 4.78 is 47.6. The Morgan fingerprint density at radius 2 is 1.10 bits per heavy atom. The number of esters is 2. The fourth-order valence-electron chi connectivity index (χ4n) is 6.02. The maximum atomic E-state index is 12.7. The molecule has 0 aliphatic rings. The van der Waals surface area contributed by atoms with E-state index in [2.05, 4.69) is 35.9 Å². The molecule has 5 atom stereocenters. The van der Waals surface area contributed by atoms with Gasteiger partial charge in [0.05, 0.1) is 32.0 Å². The highest BCUT2D eigenvalue weighted by Gasteiger charge is 2.28. The highest BCUT2D eigenvalue weighted by atomic mass is 31.2. The van der Waals surface area contributed by atoms with E-state index in [9.17, 15) is 38.9 Å². The van der Waals surface area contributed by atoms with E-state index in [4.69, 9.17) is 23.8 Å². The number of aliphatic hydroxyl groups excluding tert-OH is 3. The van der Waals surface area contributed by atoms with Gasteiger partial charge >= 0.3 is 27.6 Å². The number of allylic oxidation sites excluding steroid dienone is 5. The van der Waals surface area contributed by atoms with Crippen molar-refractivity contribution in [1.82, 2.24) is 0 Å². The third-order valence-corrected chi connectivity index (χ3v) is 11.0. The standard InChI is InChI=1S/C45H82O15P2/c1-4-5-6-7-18-23-29-40(46)30-24-20-21-25-31-41(47)32-27-34-45(50)60-43(38-59-62(54,55)58-36-42(48)35-57-61(51,52)53)37-56-44(49)33-26-19-16-14-12-10-8-9-11-13-15-17-22-28-39(2)3/h18,20-21,23-25,30-31,39-43,46-48H,4-17,19,22,26-29,32-38H2,1-3H3,(H,54,55)(H2,51,52,53)/b21-20+,23-18-,30-24+,31-25-/t40-,41-,42-,43+/m0/s1. The second-order valence-electron chi connectivity index (χ2n) is 16.2. The van der Waals surface area contributed by atoms with Crippen LogP contribution in [0.25, 0.3) is 0 Å². The molecule has 0 heterocycles. The Labute approximate surface area is 372 Å². The Kier molecular flexibility index (Phi) is 38.1. The first-order chi connectivity index (χ1) is 29.5. The number of phosphoric acid groups is 2. The summed E-state index contributed by atoms with van der Waals surface area (Å²) in [7, 11) is -9.77. The number of hydrogen-bond donors (Lipinski definition) is 6. The first-order valence-corrected chi connectivity index (χ1v) is 25.9. The van der Waals surface area contributed by atoms with Gasteiger partial charge < -0.3 is 39.5 Å². The van der Waals surface area contributed by atoms with Crippen LogP contribution in [-0.2, 0) is 41.8 Å². The molecule has 0 aliphatic heterocycles. The van der Waals surface area contributed by atoms with Crippen molar-refractivity contribution < 1.29 is 71.8 Å². The first-order valence-electron chi connectivity index (χ1n) is 22.9. The van der Waals surface area contributed by atoms with Gasteiger partial charge in [-0.3, -0.25) is 23.2 Å². The van der Waals surface area contributed by atoms with Crippen molar-refractivity contribution >= 4 is 27.6 Å². The smallest absolute Gasteiger partial charge is 0.462 e. The normalized spacial score (nSPS) is 15.5. The summed E-state index contributed by atoms with van der Waals surface area (Å²) in [6.45, 7) is 3.74. The molecule has 1 unspecified atom stereocenters. The maximum absolute atomic E-state index is 12.7. The zero-order valence-corrected chi connectivity index (χ0v) is 39.6. The van der Waals surface area contributed by atoms with Gasteiger partial charge in [-0.05, 0) is 44.4 Å². The quantitative estimate of drug-likeness (QED) is 0.0110. The molecule has 0 spiro atoms. The van der Waals surface area contributed by atoms with E-state index in [1.807, 2.05) is 6.08 Å². The Bertz CT molecular complexity index is 1330. The van der Waals surface area contributed by atoms with Crippen LogP contribution in [0.1, 0.15) is 168 Å². The summed E-state index contributed by atoms with van der Waals surface area (Å²) >= 11 is 0. The lowest BCUT2D eigenvalue weighted by Gasteiger charge is -2.20. The molecule has 0 radical (unpaired) electrons. The van der Waals surface area contributed by atoms with Crippen molar-refractivity contribution in [2.24, 2.45) is 5.92 Å². The Balaban J connectivity index is 4.74. The van der Waals surface area contributed by atoms with Crippen molar-refractivity contribution in [3.63, 3.8) is 0 Å². The van der Waals surface area contributed by atoms with Crippen molar-refractivity contribution in [3.05, 3.63) is 48.6 Å². The molecule has 62 heavy (non-hydrogen) atoms. The largest absolute Gasteiger partial charge is 0.472 e. The van der Waals surface area contributed by atoms with Gasteiger partial charge in [0.15, 0.2) is 6.10 Å². The van der Waals surface area contributed by atoms with Crippen LogP contribution in [0.3, 0.4) is 0 Å². The lowest BCUT2D eigenvalue weighted by Crippen LogP contribution is -2.30. The molecule has 0 amide bonds. The number of aliphatic hydroxyl groups is 3. The van der Waals surface area contributed by atoms with Crippen LogP contribution in [0.4, 0.5) is 0 Å². The molecule has 0 saturated heterocycles. The van der Waals surface area contributed by atoms with Gasteiger partial charge in [-0.15, -0.1) is 0 Å². The van der Waals surface area contributed by atoms with E-state index in [-0.39, 0.29) is 25.7 Å². The number of unbranched alkanes of at least 4 members (excludes halogenated alkanes) is 15. The summed E-state index contributed by atoms with van der Waals surface area (Å²) in [6.07, 6.45) is 31.6. The molecule has 0 rings (SSSR count). The molecule has 0 aromatic heterocycles. The van der Waals surface area contributed by atoms with E-state index >= 15 is 0 Å². The zero-order valence-electron chi connectivity index (χ0n) is 37.8. The first kappa shape index (κ1) is 60.0. The molecule has 0 saturated carbocycles. The van der Waals surface area contributed by atoms with Crippen molar-refractivity contribution in [3.8, 4) is 0 Å². The molecule has 0 aliphatic carbocycles. The number of ether oxygens (including phenoxy) is 2. The number of carbonyl (C=O) groups is 2. The van der Waals surface area contributed by atoms with Gasteiger partial charge in [0.25, 0.3) is 0 Å². The minimum atomic E-state index is -4.89. The summed E-state index contributed by atoms with van der Waals surface area (Å²) in [5.41, 5.74) is 0. The predicted octanol–water partition coefficient (Wildman–Crippen LogP) is 9.64. The van der Waals surface area contributed by atoms with Crippen LogP contribution in [-0.4, -0.2) is 92.8 Å². The van der Waals surface area contributed by atoms with Crippen molar-refractivity contribution in [2.75, 3.05) is 26.4 Å². The van der Waals surface area contributed by atoms with Gasteiger partial charge in [0, 0.05) is 12.8 Å². The monoisotopic (exact) mass is 925 g/mol. The van der Waals surface area contributed by atoms with Crippen LogP contribution in [0.15, 0.2) is 48.6 Å². The average Bonchev–Trinajstić information content (AvgIpc) is 3.21. The molecule has 17 heteroatoms. The SMILES string of the molecule is CCCCC/C=C\C[C@H](O)/C=C/C=C/C=C\[C@H](O)CCCC(=O)O[C@H](COC(=O)CCCCCCCCCCCCCCCC(C)C)COP(=O)(O)OC[C@@H](O)COP(=O)(O)O. The summed E-state index contributed by atoms with van der Waals surface area (Å²) in [5, 5.41) is 30.1. The molecule has 362 valence electrons. The molecule has 0 fully saturated rings. The van der Waals surface area contributed by atoms with Gasteiger partial charge in [-0.2, -0.15) is 0 Å². The van der Waals surface area contributed by atoms with E-state index < -0.39 is 78.4 Å². The van der Waals surface area contributed by atoms with E-state index in [1.165, 1.54) is 77.0 Å². The van der Waals surface area contributed by atoms with Crippen LogP contribution < -0.4 is 0 Å². The molecular formula is C45H82O15P2. The molecular weight excluding hydrogens is 842 g/mol. The number of phosphoric ester groups is 2. The third kappa shape index (κ3) is 43.3. The Morgan fingerprint density at radius 3 is 1.68 bits per heavy atom. The molecule has 15 nitrogen and oxygen atoms in total. The van der Waals surface area contributed by atoms with Crippen molar-refractivity contribution in [1.29, 1.82) is 0 Å². The highest BCUT2D eigenvalue weighted by molar-refractivity contribution is 7.47. The van der Waals surface area contributed by atoms with Crippen LogP contribution in [0.2, 0.25) is 0 Å². The Morgan fingerprint density at radius 1 is 0.565 bits per heavy atom. The second-order valence-corrected chi connectivity index (χ2v) is 18.9. The van der Waals surface area contributed by atoms with Crippen LogP contribution >= 0.6 is 15.6 Å². The molecule has 0 aromatic rings. The maximum Gasteiger partial charge on any atom is 0.472 e. The minimum absolute atomic E-state index is 0.128. The number of hydrogen-bond acceptors (Lipinski definition) is 12. The summed E-state index contributed by atoms with van der Waals surface area (Å²) in [4.78, 5) is 52.8. The number of carbonyl (C=O) groups excluding carboxylic acids is 2. The topological polar surface area (TPSA) is 236 Å². The van der Waals surface area contributed by atoms with E-state index in [0.29, 0.717) is 12.8 Å². The van der Waals surface area contributed by atoms with Crippen LogP contribution in [0.5, 0.6) is 0 Å². The lowest BCUT2D eigenvalue weighted by atomic mass is 10.0. The molecule has 0 bridgehead atoms. The molecule has 0 aromatic carbocycles. The predicted molar refractivity (Wildman–Crippen MR) is 242 cm³/mol. The second kappa shape index (κ2) is 39.4. The summed E-state index contributed by atoms with van der Waals surface area (Å²) in [6, 6.07) is 0. The number of rotatable bonds is 42. The fourth-order valence-corrected chi connectivity index (χ4v) is 7.18. The van der Waals surface area contributed by atoms with E-state index in [1.54, 1.807) is 36.5 Å². The van der Waals surface area contributed by atoms with Crippen molar-refractivity contribution in [2.45, 2.75) is 193 Å². The van der Waals surface area contributed by atoms with Gasteiger partial charge in [0.1, 0.15) is 12.7 Å². The van der Waals surface area contributed by atoms with Crippen LogP contribution in [0, 0.1) is 5.92 Å². The third-order valence-electron chi connectivity index (χ3n) is 9.58. The fraction of sp³-hybridized carbons (Fsp3) is 0.778. The molecule has 6 N–H and O–H groups in total. The Hall–Kier alpha value is -2.00. The van der Waals surface area contributed by atoms with Gasteiger partial charge in [-0.1, -0.05) is 166 Å². The van der Waals surface area contributed by atoms with Gasteiger partial charge in [0.2, 0.25) is 0 Å². The van der Waals surface area contributed by atoms with Gasteiger partial charge in [-0.25, -0.2) is 9.13 Å². The average molecular weight is 925 g/mol. The lowest BCUT2D eigenvalue weighted by molar-refractivity contribution is -0.161. The highest BCUT2D eigenvalue weighted by Crippen LogP contribution is 2.43. The zero-order chi connectivity index (χ0) is 46.3. The summed E-state index contributed by atoms with van der Waals surface area (Å²) in [5.74, 6) is -0.478. The van der Waals surface area contributed by atoms with E-state index in [0.717, 1.165) is 38.0 Å². The minimum Gasteiger partial charge on any atom is -0.462 e.